The minimum atomic E-state index is -0.546. The van der Waals surface area contributed by atoms with Gasteiger partial charge in [-0.3, -0.25) is 4.79 Å². The van der Waals surface area contributed by atoms with Gasteiger partial charge in [0.15, 0.2) is 18.1 Å². The van der Waals surface area contributed by atoms with Crippen molar-refractivity contribution in [3.05, 3.63) is 56.5 Å². The van der Waals surface area contributed by atoms with E-state index in [0.717, 1.165) is 4.47 Å². The molecule has 0 aliphatic rings. The highest BCUT2D eigenvalue weighted by Gasteiger charge is 2.15. The number of methoxy groups -OCH3 is 1. The zero-order valence-corrected chi connectivity index (χ0v) is 19.4. The van der Waals surface area contributed by atoms with Crippen LogP contribution in [0.2, 0.25) is 0 Å². The van der Waals surface area contributed by atoms with Gasteiger partial charge in [-0.25, -0.2) is 4.79 Å². The Hall–Kier alpha value is -2.83. The number of amides is 1. The molecule has 2 rings (SSSR count). The van der Waals surface area contributed by atoms with Gasteiger partial charge in [-0.15, -0.1) is 0 Å². The Bertz CT molecular complexity index is 998. The van der Waals surface area contributed by atoms with Crippen LogP contribution in [0.25, 0.3) is 6.08 Å². The monoisotopic (exact) mass is 536 g/mol. The van der Waals surface area contributed by atoms with E-state index in [1.54, 1.807) is 43.3 Å². The molecule has 1 amide bonds. The normalized spacial score (nSPS) is 10.7. The molecule has 2 aromatic carbocycles. The summed E-state index contributed by atoms with van der Waals surface area (Å²) in [5.41, 5.74) is 1.00. The SMILES string of the molecule is CCOc1cc(/C=C(\C#N)C(=O)Nc2ccc(Br)cc2)c(Br)cc1OCC(=O)OC. The summed E-state index contributed by atoms with van der Waals surface area (Å²) in [5.74, 6) is -0.393. The van der Waals surface area contributed by atoms with Gasteiger partial charge in [0.2, 0.25) is 0 Å². The Labute approximate surface area is 190 Å². The van der Waals surface area contributed by atoms with Crippen molar-refractivity contribution in [2.45, 2.75) is 6.92 Å². The molecule has 2 aromatic rings. The van der Waals surface area contributed by atoms with Gasteiger partial charge < -0.3 is 19.5 Å². The molecule has 9 heteroatoms. The van der Waals surface area contributed by atoms with Crippen LogP contribution in [0.3, 0.4) is 0 Å². The van der Waals surface area contributed by atoms with Gasteiger partial charge in [-0.1, -0.05) is 31.9 Å². The number of carbonyl (C=O) groups is 2. The Morgan fingerprint density at radius 1 is 1.13 bits per heavy atom. The third kappa shape index (κ3) is 6.61. The summed E-state index contributed by atoms with van der Waals surface area (Å²) in [6.07, 6.45) is 1.44. The molecule has 0 heterocycles. The molecule has 0 atom stereocenters. The van der Waals surface area contributed by atoms with E-state index in [1.807, 2.05) is 6.07 Å². The Kier molecular flexibility index (Phi) is 8.89. The number of nitrogens with zero attached hydrogens (tertiary/aromatic N) is 1. The van der Waals surface area contributed by atoms with Crippen molar-refractivity contribution >= 4 is 55.5 Å². The second-order valence-electron chi connectivity index (χ2n) is 5.75. The van der Waals surface area contributed by atoms with Crippen molar-refractivity contribution in [1.29, 1.82) is 5.26 Å². The average molecular weight is 538 g/mol. The Morgan fingerprint density at radius 3 is 2.40 bits per heavy atom. The molecule has 0 saturated heterocycles. The first kappa shape index (κ1) is 23.4. The molecule has 156 valence electrons. The van der Waals surface area contributed by atoms with E-state index >= 15 is 0 Å². The summed E-state index contributed by atoms with van der Waals surface area (Å²) in [5, 5.41) is 12.1. The zero-order valence-electron chi connectivity index (χ0n) is 16.2. The molecule has 0 saturated carbocycles. The van der Waals surface area contributed by atoms with Crippen molar-refractivity contribution in [2.75, 3.05) is 25.6 Å². The molecule has 0 aliphatic heterocycles. The van der Waals surface area contributed by atoms with Gasteiger partial charge in [-0.05, 0) is 55.0 Å². The van der Waals surface area contributed by atoms with Gasteiger partial charge in [0, 0.05) is 14.6 Å². The number of nitrogens with one attached hydrogen (secondary N) is 1. The van der Waals surface area contributed by atoms with E-state index in [1.165, 1.54) is 13.2 Å². The van der Waals surface area contributed by atoms with Crippen molar-refractivity contribution in [3.8, 4) is 17.6 Å². The van der Waals surface area contributed by atoms with E-state index in [9.17, 15) is 14.9 Å². The lowest BCUT2D eigenvalue weighted by Crippen LogP contribution is -2.14. The lowest BCUT2D eigenvalue weighted by Gasteiger charge is -2.13. The molecular weight excluding hydrogens is 520 g/mol. The predicted molar refractivity (Wildman–Crippen MR) is 119 cm³/mol. The number of anilines is 1. The van der Waals surface area contributed by atoms with Crippen LogP contribution in [0, 0.1) is 11.3 Å². The summed E-state index contributed by atoms with van der Waals surface area (Å²) in [6, 6.07) is 12.1. The first-order valence-electron chi connectivity index (χ1n) is 8.72. The molecule has 0 aromatic heterocycles. The summed E-state index contributed by atoms with van der Waals surface area (Å²) < 4.78 is 17.0. The number of ether oxygens (including phenoxy) is 3. The highest BCUT2D eigenvalue weighted by Crippen LogP contribution is 2.35. The minimum absolute atomic E-state index is 0.0932. The van der Waals surface area contributed by atoms with Crippen LogP contribution in [0.4, 0.5) is 5.69 Å². The van der Waals surface area contributed by atoms with Gasteiger partial charge in [0.05, 0.1) is 13.7 Å². The summed E-state index contributed by atoms with van der Waals surface area (Å²) in [6.45, 7) is 1.87. The summed E-state index contributed by atoms with van der Waals surface area (Å²) >= 11 is 6.72. The molecular formula is C21H18Br2N2O5. The number of carbonyl (C=O) groups excluding carboxylic acids is 2. The van der Waals surface area contributed by atoms with Crippen LogP contribution in [-0.2, 0) is 14.3 Å². The van der Waals surface area contributed by atoms with E-state index in [4.69, 9.17) is 9.47 Å². The fourth-order valence-corrected chi connectivity index (χ4v) is 2.98. The molecule has 0 fully saturated rings. The number of esters is 1. The fourth-order valence-electron chi connectivity index (χ4n) is 2.27. The quantitative estimate of drug-likeness (QED) is 0.297. The molecule has 7 nitrogen and oxygen atoms in total. The molecule has 0 spiro atoms. The number of hydrogen-bond acceptors (Lipinski definition) is 6. The molecule has 1 N–H and O–H groups in total. The maximum absolute atomic E-state index is 12.5. The molecule has 0 bridgehead atoms. The van der Waals surface area contributed by atoms with Gasteiger partial charge in [-0.2, -0.15) is 5.26 Å². The van der Waals surface area contributed by atoms with Crippen molar-refractivity contribution in [2.24, 2.45) is 0 Å². The van der Waals surface area contributed by atoms with Gasteiger partial charge in [0.1, 0.15) is 11.6 Å². The van der Waals surface area contributed by atoms with Crippen molar-refractivity contribution in [1.82, 2.24) is 0 Å². The molecule has 0 aliphatic carbocycles. The van der Waals surface area contributed by atoms with Crippen LogP contribution in [-0.4, -0.2) is 32.2 Å². The topological polar surface area (TPSA) is 97.6 Å². The van der Waals surface area contributed by atoms with Crippen molar-refractivity contribution < 1.29 is 23.8 Å². The predicted octanol–water partition coefficient (Wildman–Crippen LogP) is 4.71. The lowest BCUT2D eigenvalue weighted by atomic mass is 10.1. The maximum atomic E-state index is 12.5. The third-order valence-electron chi connectivity index (χ3n) is 3.70. The van der Waals surface area contributed by atoms with E-state index in [2.05, 4.69) is 41.9 Å². The largest absolute Gasteiger partial charge is 0.490 e. The zero-order chi connectivity index (χ0) is 22.1. The van der Waals surface area contributed by atoms with Crippen LogP contribution >= 0.6 is 31.9 Å². The summed E-state index contributed by atoms with van der Waals surface area (Å²) in [4.78, 5) is 23.8. The highest BCUT2D eigenvalue weighted by molar-refractivity contribution is 9.10. The molecule has 30 heavy (non-hydrogen) atoms. The second-order valence-corrected chi connectivity index (χ2v) is 7.52. The number of hydrogen-bond donors (Lipinski definition) is 1. The number of benzene rings is 2. The first-order chi connectivity index (χ1) is 14.4. The van der Waals surface area contributed by atoms with Crippen LogP contribution < -0.4 is 14.8 Å². The van der Waals surface area contributed by atoms with Crippen LogP contribution in [0.15, 0.2) is 50.9 Å². The van der Waals surface area contributed by atoms with E-state index in [-0.39, 0.29) is 12.2 Å². The van der Waals surface area contributed by atoms with E-state index in [0.29, 0.717) is 33.8 Å². The number of halogens is 2. The fraction of sp³-hybridized carbons (Fsp3) is 0.190. The van der Waals surface area contributed by atoms with E-state index < -0.39 is 11.9 Å². The molecule has 0 radical (unpaired) electrons. The number of nitriles is 1. The van der Waals surface area contributed by atoms with Crippen LogP contribution in [0.5, 0.6) is 11.5 Å². The highest BCUT2D eigenvalue weighted by atomic mass is 79.9. The maximum Gasteiger partial charge on any atom is 0.343 e. The van der Waals surface area contributed by atoms with Gasteiger partial charge in [0.25, 0.3) is 5.91 Å². The Morgan fingerprint density at radius 2 is 1.80 bits per heavy atom. The van der Waals surface area contributed by atoms with Crippen molar-refractivity contribution in [3.63, 3.8) is 0 Å². The minimum Gasteiger partial charge on any atom is -0.490 e. The second kappa shape index (κ2) is 11.4. The van der Waals surface area contributed by atoms with Gasteiger partial charge >= 0.3 is 5.97 Å². The lowest BCUT2D eigenvalue weighted by molar-refractivity contribution is -0.142. The standard InChI is InChI=1S/C21H18Br2N2O5/c1-3-29-18-9-13(17(23)10-19(18)30-12-20(26)28-2)8-14(11-24)21(27)25-16-6-4-15(22)5-7-16/h4-10H,3,12H2,1-2H3,(H,25,27)/b14-8+. The number of rotatable bonds is 8. The Balaban J connectivity index is 2.30. The molecule has 0 unspecified atom stereocenters. The third-order valence-corrected chi connectivity index (χ3v) is 4.92. The first-order valence-corrected chi connectivity index (χ1v) is 10.3. The smallest absolute Gasteiger partial charge is 0.343 e. The summed E-state index contributed by atoms with van der Waals surface area (Å²) in [7, 11) is 1.27. The van der Waals surface area contributed by atoms with Crippen LogP contribution in [0.1, 0.15) is 12.5 Å². The average Bonchev–Trinajstić information content (AvgIpc) is 2.74.